The third kappa shape index (κ3) is 3.09. The van der Waals surface area contributed by atoms with Gasteiger partial charge in [0.15, 0.2) is 0 Å². The molecule has 4 heteroatoms. The first-order valence-electron chi connectivity index (χ1n) is 6.56. The standard InChI is InChI=1S/C16H18N2O2/c1-3-20-15-11-7-6-10-14(15)18-16(19)12-8-4-5-9-13(12)17-2/h4-11,17H,3H2,1-2H3,(H,18,19). The molecule has 0 bridgehead atoms. The first-order valence-corrected chi connectivity index (χ1v) is 6.56. The lowest BCUT2D eigenvalue weighted by Crippen LogP contribution is -2.14. The van der Waals surface area contributed by atoms with Gasteiger partial charge in [0.05, 0.1) is 17.9 Å². The SMILES string of the molecule is CCOc1ccccc1NC(=O)c1ccccc1NC. The van der Waals surface area contributed by atoms with E-state index in [4.69, 9.17) is 4.74 Å². The van der Waals surface area contributed by atoms with Crippen molar-refractivity contribution >= 4 is 17.3 Å². The molecule has 0 aromatic heterocycles. The molecule has 104 valence electrons. The third-order valence-electron chi connectivity index (χ3n) is 2.88. The van der Waals surface area contributed by atoms with Gasteiger partial charge < -0.3 is 15.4 Å². The smallest absolute Gasteiger partial charge is 0.257 e. The summed E-state index contributed by atoms with van der Waals surface area (Å²) in [7, 11) is 1.79. The molecule has 2 aromatic rings. The molecule has 20 heavy (non-hydrogen) atoms. The van der Waals surface area contributed by atoms with Gasteiger partial charge in [-0.1, -0.05) is 24.3 Å². The van der Waals surface area contributed by atoms with Crippen LogP contribution in [0.15, 0.2) is 48.5 Å². The van der Waals surface area contributed by atoms with Gasteiger partial charge in [-0.2, -0.15) is 0 Å². The van der Waals surface area contributed by atoms with E-state index in [1.807, 2.05) is 49.4 Å². The summed E-state index contributed by atoms with van der Waals surface area (Å²) in [6.07, 6.45) is 0. The molecule has 2 aromatic carbocycles. The van der Waals surface area contributed by atoms with Crippen molar-refractivity contribution in [3.05, 3.63) is 54.1 Å². The second kappa shape index (κ2) is 6.61. The maximum absolute atomic E-state index is 12.3. The molecule has 2 N–H and O–H groups in total. The van der Waals surface area contributed by atoms with Crippen molar-refractivity contribution in [2.45, 2.75) is 6.92 Å². The van der Waals surface area contributed by atoms with Crippen LogP contribution in [0.2, 0.25) is 0 Å². The first kappa shape index (κ1) is 13.9. The van der Waals surface area contributed by atoms with Crippen molar-refractivity contribution in [3.63, 3.8) is 0 Å². The predicted molar refractivity (Wildman–Crippen MR) is 81.6 cm³/mol. The minimum Gasteiger partial charge on any atom is -0.492 e. The average molecular weight is 270 g/mol. The molecule has 0 aliphatic heterocycles. The van der Waals surface area contributed by atoms with Crippen LogP contribution >= 0.6 is 0 Å². The van der Waals surface area contributed by atoms with E-state index < -0.39 is 0 Å². The normalized spacial score (nSPS) is 9.90. The fourth-order valence-corrected chi connectivity index (χ4v) is 1.94. The molecule has 0 heterocycles. The van der Waals surface area contributed by atoms with Gasteiger partial charge in [0.1, 0.15) is 5.75 Å². The molecule has 0 saturated carbocycles. The van der Waals surface area contributed by atoms with Crippen LogP contribution in [-0.2, 0) is 0 Å². The number of anilines is 2. The Hall–Kier alpha value is -2.49. The molecule has 0 unspecified atom stereocenters. The van der Waals surface area contributed by atoms with E-state index in [2.05, 4.69) is 10.6 Å². The Morgan fingerprint density at radius 1 is 1.05 bits per heavy atom. The number of para-hydroxylation sites is 3. The molecule has 0 spiro atoms. The maximum Gasteiger partial charge on any atom is 0.257 e. The molecule has 0 aliphatic rings. The Morgan fingerprint density at radius 3 is 2.40 bits per heavy atom. The van der Waals surface area contributed by atoms with Crippen LogP contribution in [0.4, 0.5) is 11.4 Å². The summed E-state index contributed by atoms with van der Waals surface area (Å²) in [5.41, 5.74) is 2.06. The lowest BCUT2D eigenvalue weighted by molar-refractivity contribution is 0.102. The fraction of sp³-hybridized carbons (Fsp3) is 0.188. The Bertz CT molecular complexity index is 597. The van der Waals surface area contributed by atoms with Crippen molar-refractivity contribution in [1.82, 2.24) is 0 Å². The first-order chi connectivity index (χ1) is 9.76. The van der Waals surface area contributed by atoms with Gasteiger partial charge in [-0.05, 0) is 31.2 Å². The minimum absolute atomic E-state index is 0.165. The molecule has 1 amide bonds. The van der Waals surface area contributed by atoms with Gasteiger partial charge in [-0.15, -0.1) is 0 Å². The predicted octanol–water partition coefficient (Wildman–Crippen LogP) is 3.38. The molecular formula is C16H18N2O2. The van der Waals surface area contributed by atoms with Crippen molar-refractivity contribution in [3.8, 4) is 5.75 Å². The van der Waals surface area contributed by atoms with Gasteiger partial charge >= 0.3 is 0 Å². The van der Waals surface area contributed by atoms with Crippen LogP contribution in [0.1, 0.15) is 17.3 Å². The fourth-order valence-electron chi connectivity index (χ4n) is 1.94. The zero-order valence-corrected chi connectivity index (χ0v) is 11.6. The molecule has 0 radical (unpaired) electrons. The van der Waals surface area contributed by atoms with E-state index in [9.17, 15) is 4.79 Å². The molecule has 0 fully saturated rings. The summed E-state index contributed by atoms with van der Waals surface area (Å²) in [5.74, 6) is 0.507. The second-order valence-electron chi connectivity index (χ2n) is 4.18. The molecule has 4 nitrogen and oxygen atoms in total. The summed E-state index contributed by atoms with van der Waals surface area (Å²) in [6, 6.07) is 14.8. The van der Waals surface area contributed by atoms with Crippen LogP contribution in [-0.4, -0.2) is 19.6 Å². The lowest BCUT2D eigenvalue weighted by Gasteiger charge is -2.13. The largest absolute Gasteiger partial charge is 0.492 e. The second-order valence-corrected chi connectivity index (χ2v) is 4.18. The van der Waals surface area contributed by atoms with E-state index in [0.717, 1.165) is 5.69 Å². The van der Waals surface area contributed by atoms with Crippen LogP contribution < -0.4 is 15.4 Å². The zero-order chi connectivity index (χ0) is 14.4. The summed E-state index contributed by atoms with van der Waals surface area (Å²) < 4.78 is 5.50. The summed E-state index contributed by atoms with van der Waals surface area (Å²) >= 11 is 0. The van der Waals surface area contributed by atoms with Crippen molar-refractivity contribution < 1.29 is 9.53 Å². The highest BCUT2D eigenvalue weighted by atomic mass is 16.5. The van der Waals surface area contributed by atoms with Crippen molar-refractivity contribution in [1.29, 1.82) is 0 Å². The lowest BCUT2D eigenvalue weighted by atomic mass is 10.1. The summed E-state index contributed by atoms with van der Waals surface area (Å²) in [6.45, 7) is 2.47. The van der Waals surface area contributed by atoms with Crippen LogP contribution in [0.25, 0.3) is 0 Å². The number of carbonyl (C=O) groups excluding carboxylic acids is 1. The third-order valence-corrected chi connectivity index (χ3v) is 2.88. The quantitative estimate of drug-likeness (QED) is 0.875. The highest BCUT2D eigenvalue weighted by Gasteiger charge is 2.12. The summed E-state index contributed by atoms with van der Waals surface area (Å²) in [5, 5.41) is 5.89. The minimum atomic E-state index is -0.165. The Kier molecular flexibility index (Phi) is 4.60. The van der Waals surface area contributed by atoms with E-state index in [1.54, 1.807) is 13.1 Å². The number of benzene rings is 2. The van der Waals surface area contributed by atoms with E-state index in [-0.39, 0.29) is 5.91 Å². The molecule has 0 atom stereocenters. The number of hydrogen-bond acceptors (Lipinski definition) is 3. The maximum atomic E-state index is 12.3. The highest BCUT2D eigenvalue weighted by Crippen LogP contribution is 2.25. The van der Waals surface area contributed by atoms with Gasteiger partial charge in [0.2, 0.25) is 0 Å². The van der Waals surface area contributed by atoms with Crippen molar-refractivity contribution in [2.75, 3.05) is 24.3 Å². The Balaban J connectivity index is 2.24. The van der Waals surface area contributed by atoms with Crippen molar-refractivity contribution in [2.24, 2.45) is 0 Å². The molecule has 2 rings (SSSR count). The van der Waals surface area contributed by atoms with Crippen LogP contribution in [0.5, 0.6) is 5.75 Å². The van der Waals surface area contributed by atoms with E-state index in [0.29, 0.717) is 23.6 Å². The van der Waals surface area contributed by atoms with Gasteiger partial charge in [-0.3, -0.25) is 4.79 Å². The number of rotatable bonds is 5. The van der Waals surface area contributed by atoms with Crippen LogP contribution in [0, 0.1) is 0 Å². The van der Waals surface area contributed by atoms with Gasteiger partial charge in [0, 0.05) is 12.7 Å². The summed E-state index contributed by atoms with van der Waals surface area (Å²) in [4.78, 5) is 12.3. The molecule has 0 aliphatic carbocycles. The Morgan fingerprint density at radius 2 is 1.70 bits per heavy atom. The van der Waals surface area contributed by atoms with E-state index >= 15 is 0 Å². The molecule has 0 saturated heterocycles. The Labute approximate surface area is 118 Å². The monoisotopic (exact) mass is 270 g/mol. The number of nitrogens with one attached hydrogen (secondary N) is 2. The number of amides is 1. The number of ether oxygens (including phenoxy) is 1. The highest BCUT2D eigenvalue weighted by molar-refractivity contribution is 6.08. The zero-order valence-electron chi connectivity index (χ0n) is 11.6. The average Bonchev–Trinajstić information content (AvgIpc) is 2.49. The van der Waals surface area contributed by atoms with E-state index in [1.165, 1.54) is 0 Å². The van der Waals surface area contributed by atoms with Gasteiger partial charge in [0.25, 0.3) is 5.91 Å². The van der Waals surface area contributed by atoms with Crippen LogP contribution in [0.3, 0.4) is 0 Å². The molecular weight excluding hydrogens is 252 g/mol. The number of carbonyl (C=O) groups is 1. The van der Waals surface area contributed by atoms with Gasteiger partial charge in [-0.25, -0.2) is 0 Å². The number of hydrogen-bond donors (Lipinski definition) is 2. The topological polar surface area (TPSA) is 50.4 Å².